The van der Waals surface area contributed by atoms with E-state index in [0.717, 1.165) is 42.8 Å². The number of aromatic nitrogens is 1. The van der Waals surface area contributed by atoms with Crippen LogP contribution >= 0.6 is 11.3 Å². The molecular weight excluding hydrogens is 206 g/mol. The Labute approximate surface area is 94.0 Å². The molecule has 0 radical (unpaired) electrons. The molecule has 80 valence electrons. The molecule has 0 saturated heterocycles. The molecule has 0 aromatic carbocycles. The summed E-state index contributed by atoms with van der Waals surface area (Å²) >= 11 is 1.68. The van der Waals surface area contributed by atoms with Crippen LogP contribution in [-0.2, 0) is 11.2 Å². The van der Waals surface area contributed by atoms with Crippen molar-refractivity contribution in [1.82, 2.24) is 4.98 Å². The Kier molecular flexibility index (Phi) is 3.31. The summed E-state index contributed by atoms with van der Waals surface area (Å²) in [6.45, 7) is 2.01. The standard InChI is InChI=1S/C12H15NOS/c1-9-13-11(8-15-9)6-10-4-2-3-5-12(14)7-10/h7-8H,2-6H2,1H3. The van der Waals surface area contributed by atoms with Gasteiger partial charge < -0.3 is 0 Å². The van der Waals surface area contributed by atoms with Crippen LogP contribution in [0.15, 0.2) is 17.0 Å². The first-order valence-electron chi connectivity index (χ1n) is 5.37. The van der Waals surface area contributed by atoms with Crippen LogP contribution in [0.4, 0.5) is 0 Å². The number of nitrogens with zero attached hydrogens (tertiary/aromatic N) is 1. The maximum atomic E-state index is 11.4. The number of allylic oxidation sites excluding steroid dienone is 2. The summed E-state index contributed by atoms with van der Waals surface area (Å²) in [5.41, 5.74) is 2.36. The first-order valence-corrected chi connectivity index (χ1v) is 6.25. The summed E-state index contributed by atoms with van der Waals surface area (Å²) in [6.07, 6.45) is 6.65. The Bertz CT molecular complexity index is 392. The quantitative estimate of drug-likeness (QED) is 0.768. The van der Waals surface area contributed by atoms with Gasteiger partial charge in [-0.15, -0.1) is 11.3 Å². The van der Waals surface area contributed by atoms with Gasteiger partial charge in [0.2, 0.25) is 0 Å². The molecule has 3 heteroatoms. The molecule has 1 aromatic heterocycles. The molecule has 0 aliphatic heterocycles. The van der Waals surface area contributed by atoms with Crippen LogP contribution < -0.4 is 0 Å². The van der Waals surface area contributed by atoms with Crippen LogP contribution in [0.2, 0.25) is 0 Å². The van der Waals surface area contributed by atoms with Crippen LogP contribution in [0.25, 0.3) is 0 Å². The molecule has 15 heavy (non-hydrogen) atoms. The van der Waals surface area contributed by atoms with Gasteiger partial charge in [-0.2, -0.15) is 0 Å². The van der Waals surface area contributed by atoms with E-state index in [4.69, 9.17) is 0 Å². The van der Waals surface area contributed by atoms with Gasteiger partial charge in [0.1, 0.15) is 0 Å². The fourth-order valence-corrected chi connectivity index (χ4v) is 2.50. The molecule has 0 unspecified atom stereocenters. The lowest BCUT2D eigenvalue weighted by atomic mass is 10.1. The second kappa shape index (κ2) is 4.71. The fraction of sp³-hybridized carbons (Fsp3) is 0.500. The van der Waals surface area contributed by atoms with Crippen molar-refractivity contribution in [2.24, 2.45) is 0 Å². The summed E-state index contributed by atoms with van der Waals surface area (Å²) in [5, 5.41) is 3.19. The number of aryl methyl sites for hydroxylation is 1. The van der Waals surface area contributed by atoms with Gasteiger partial charge in [-0.3, -0.25) is 4.79 Å². The zero-order valence-corrected chi connectivity index (χ0v) is 9.77. The maximum Gasteiger partial charge on any atom is 0.155 e. The van der Waals surface area contributed by atoms with E-state index < -0.39 is 0 Å². The fourth-order valence-electron chi connectivity index (χ4n) is 1.88. The molecule has 1 aliphatic rings. The smallest absolute Gasteiger partial charge is 0.155 e. The summed E-state index contributed by atoms with van der Waals surface area (Å²) < 4.78 is 0. The van der Waals surface area contributed by atoms with Gasteiger partial charge in [0, 0.05) is 18.2 Å². The summed E-state index contributed by atoms with van der Waals surface area (Å²) in [6, 6.07) is 0. The van der Waals surface area contributed by atoms with Crippen molar-refractivity contribution in [1.29, 1.82) is 0 Å². The van der Waals surface area contributed by atoms with Crippen molar-refractivity contribution in [2.75, 3.05) is 0 Å². The van der Waals surface area contributed by atoms with Crippen LogP contribution in [0.3, 0.4) is 0 Å². The topological polar surface area (TPSA) is 30.0 Å². The van der Waals surface area contributed by atoms with E-state index in [1.165, 1.54) is 5.57 Å². The minimum Gasteiger partial charge on any atom is -0.295 e. The second-order valence-electron chi connectivity index (χ2n) is 4.01. The molecule has 1 aliphatic carbocycles. The lowest BCUT2D eigenvalue weighted by Crippen LogP contribution is -1.94. The summed E-state index contributed by atoms with van der Waals surface area (Å²) in [4.78, 5) is 15.8. The third kappa shape index (κ3) is 2.99. The molecule has 2 nitrogen and oxygen atoms in total. The zero-order valence-electron chi connectivity index (χ0n) is 8.95. The van der Waals surface area contributed by atoms with Crippen molar-refractivity contribution in [3.63, 3.8) is 0 Å². The van der Waals surface area contributed by atoms with Crippen LogP contribution in [0, 0.1) is 6.92 Å². The lowest BCUT2D eigenvalue weighted by molar-refractivity contribution is -0.114. The molecule has 0 bridgehead atoms. The molecular formula is C12H15NOS. The molecule has 0 spiro atoms. The molecule has 1 heterocycles. The number of rotatable bonds is 2. The normalized spacial score (nSPS) is 17.4. The van der Waals surface area contributed by atoms with Crippen molar-refractivity contribution < 1.29 is 4.79 Å². The third-order valence-electron chi connectivity index (χ3n) is 2.61. The van der Waals surface area contributed by atoms with Crippen LogP contribution in [0.1, 0.15) is 36.4 Å². The molecule has 2 rings (SSSR count). The first kappa shape index (κ1) is 10.6. The first-order chi connectivity index (χ1) is 7.24. The highest BCUT2D eigenvalue weighted by molar-refractivity contribution is 7.09. The molecule has 0 atom stereocenters. The maximum absolute atomic E-state index is 11.4. The third-order valence-corrected chi connectivity index (χ3v) is 3.43. The lowest BCUT2D eigenvalue weighted by Gasteiger charge is -2.01. The van der Waals surface area contributed by atoms with Gasteiger partial charge in [-0.05, 0) is 32.3 Å². The monoisotopic (exact) mass is 221 g/mol. The van der Waals surface area contributed by atoms with Crippen molar-refractivity contribution >= 4 is 17.1 Å². The predicted molar refractivity (Wildman–Crippen MR) is 62.1 cm³/mol. The highest BCUT2D eigenvalue weighted by Crippen LogP contribution is 2.20. The largest absolute Gasteiger partial charge is 0.295 e. The highest BCUT2D eigenvalue weighted by Gasteiger charge is 2.10. The number of carbonyl (C=O) groups is 1. The van der Waals surface area contributed by atoms with Crippen molar-refractivity contribution in [3.05, 3.63) is 27.7 Å². The minimum atomic E-state index is 0.287. The van der Waals surface area contributed by atoms with Gasteiger partial charge in [-0.25, -0.2) is 4.98 Å². The van der Waals surface area contributed by atoms with Gasteiger partial charge in [0.15, 0.2) is 5.78 Å². The summed E-state index contributed by atoms with van der Waals surface area (Å²) in [7, 11) is 0. The van der Waals surface area contributed by atoms with Gasteiger partial charge >= 0.3 is 0 Å². The van der Waals surface area contributed by atoms with E-state index in [0.29, 0.717) is 0 Å². The van der Waals surface area contributed by atoms with Crippen molar-refractivity contribution in [2.45, 2.75) is 39.0 Å². The number of hydrogen-bond donors (Lipinski definition) is 0. The Morgan fingerprint density at radius 2 is 2.20 bits per heavy atom. The van der Waals surface area contributed by atoms with Crippen LogP contribution in [-0.4, -0.2) is 10.8 Å². The van der Waals surface area contributed by atoms with Gasteiger partial charge in [0.25, 0.3) is 0 Å². The average molecular weight is 221 g/mol. The molecule has 0 saturated carbocycles. The summed E-state index contributed by atoms with van der Waals surface area (Å²) in [5.74, 6) is 0.287. The Hall–Kier alpha value is -0.960. The molecule has 0 amide bonds. The van der Waals surface area contributed by atoms with E-state index in [-0.39, 0.29) is 5.78 Å². The van der Waals surface area contributed by atoms with E-state index >= 15 is 0 Å². The van der Waals surface area contributed by atoms with Crippen LogP contribution in [0.5, 0.6) is 0 Å². The highest BCUT2D eigenvalue weighted by atomic mass is 32.1. The predicted octanol–water partition coefficient (Wildman–Crippen LogP) is 3.06. The van der Waals surface area contributed by atoms with Gasteiger partial charge in [-0.1, -0.05) is 5.57 Å². The van der Waals surface area contributed by atoms with Crippen molar-refractivity contribution in [3.8, 4) is 0 Å². The van der Waals surface area contributed by atoms with E-state index in [1.807, 2.05) is 13.0 Å². The second-order valence-corrected chi connectivity index (χ2v) is 5.07. The average Bonchev–Trinajstić information content (AvgIpc) is 2.46. The number of hydrogen-bond acceptors (Lipinski definition) is 3. The Morgan fingerprint density at radius 1 is 1.40 bits per heavy atom. The molecule has 1 aromatic rings. The number of carbonyl (C=O) groups excluding carboxylic acids is 1. The minimum absolute atomic E-state index is 0.287. The molecule has 0 N–H and O–H groups in total. The number of ketones is 1. The van der Waals surface area contributed by atoms with E-state index in [9.17, 15) is 4.79 Å². The number of thiazole rings is 1. The Morgan fingerprint density at radius 3 is 2.93 bits per heavy atom. The van der Waals surface area contributed by atoms with E-state index in [2.05, 4.69) is 10.4 Å². The SMILES string of the molecule is Cc1nc(CC2=CC(=O)CCCC2)cs1. The van der Waals surface area contributed by atoms with E-state index in [1.54, 1.807) is 11.3 Å². The zero-order chi connectivity index (χ0) is 10.7. The molecule has 0 fully saturated rings. The van der Waals surface area contributed by atoms with Gasteiger partial charge in [0.05, 0.1) is 10.7 Å². The Balaban J connectivity index is 2.07.